The van der Waals surface area contributed by atoms with Crippen LogP contribution in [0.3, 0.4) is 0 Å². The minimum Gasteiger partial charge on any atom is -0.476 e. The Hall–Kier alpha value is -1.36. The first-order chi connectivity index (χ1) is 7.45. The number of carboxylic acid groups (broad SMARTS) is 1. The van der Waals surface area contributed by atoms with Crippen molar-refractivity contribution in [3.63, 3.8) is 0 Å². The fourth-order valence-corrected chi connectivity index (χ4v) is 1.71. The first kappa shape index (κ1) is 12.7. The van der Waals surface area contributed by atoms with E-state index in [0.29, 0.717) is 12.6 Å². The van der Waals surface area contributed by atoms with Gasteiger partial charge >= 0.3 is 5.97 Å². The quantitative estimate of drug-likeness (QED) is 0.821. The Morgan fingerprint density at radius 1 is 1.62 bits per heavy atom. The lowest BCUT2D eigenvalue weighted by Gasteiger charge is -2.24. The van der Waals surface area contributed by atoms with E-state index in [4.69, 9.17) is 5.11 Å². The van der Waals surface area contributed by atoms with Crippen LogP contribution in [0.2, 0.25) is 0 Å². The van der Waals surface area contributed by atoms with Crippen molar-refractivity contribution in [1.82, 2.24) is 14.7 Å². The van der Waals surface area contributed by atoms with E-state index in [2.05, 4.69) is 30.8 Å². The van der Waals surface area contributed by atoms with Gasteiger partial charge in [0.15, 0.2) is 5.69 Å². The van der Waals surface area contributed by atoms with Crippen molar-refractivity contribution in [3.8, 4) is 0 Å². The van der Waals surface area contributed by atoms with E-state index in [1.165, 1.54) is 0 Å². The van der Waals surface area contributed by atoms with E-state index in [-0.39, 0.29) is 5.69 Å². The Labute approximate surface area is 95.7 Å². The monoisotopic (exact) mass is 225 g/mol. The van der Waals surface area contributed by atoms with Crippen LogP contribution in [0.15, 0.2) is 6.20 Å². The normalized spacial score (nSPS) is 11.4. The third kappa shape index (κ3) is 2.82. The van der Waals surface area contributed by atoms with Gasteiger partial charge in [-0.3, -0.25) is 9.58 Å². The molecule has 16 heavy (non-hydrogen) atoms. The molecule has 0 aliphatic heterocycles. The Morgan fingerprint density at radius 3 is 2.69 bits per heavy atom. The number of carbonyl (C=O) groups is 1. The first-order valence-electron chi connectivity index (χ1n) is 5.45. The summed E-state index contributed by atoms with van der Waals surface area (Å²) < 4.78 is 1.55. The molecule has 1 aromatic rings. The topological polar surface area (TPSA) is 58.4 Å². The van der Waals surface area contributed by atoms with Crippen molar-refractivity contribution in [2.75, 3.05) is 6.54 Å². The molecule has 0 fully saturated rings. The third-order valence-electron chi connectivity index (χ3n) is 2.62. The maximum Gasteiger partial charge on any atom is 0.356 e. The lowest BCUT2D eigenvalue weighted by Crippen LogP contribution is -2.30. The van der Waals surface area contributed by atoms with Crippen LogP contribution in [0.4, 0.5) is 0 Å². The van der Waals surface area contributed by atoms with Crippen LogP contribution >= 0.6 is 0 Å². The highest BCUT2D eigenvalue weighted by Gasteiger charge is 2.17. The molecular weight excluding hydrogens is 206 g/mol. The van der Waals surface area contributed by atoms with Crippen molar-refractivity contribution in [2.24, 2.45) is 7.05 Å². The molecule has 1 N–H and O–H groups in total. The summed E-state index contributed by atoms with van der Waals surface area (Å²) in [5.41, 5.74) is 0.923. The average molecular weight is 225 g/mol. The number of aromatic carboxylic acids is 1. The van der Waals surface area contributed by atoms with Crippen molar-refractivity contribution >= 4 is 5.97 Å². The standard InChI is InChI=1S/C11H19N3O2/c1-5-14(8(2)3)7-9-6-13(4)12-10(9)11(15)16/h6,8H,5,7H2,1-4H3,(H,15,16). The SMILES string of the molecule is CCN(Cc1cn(C)nc1C(=O)O)C(C)C. The zero-order valence-corrected chi connectivity index (χ0v) is 10.3. The second kappa shape index (κ2) is 5.12. The maximum atomic E-state index is 11.0. The molecule has 1 heterocycles. The highest BCUT2D eigenvalue weighted by molar-refractivity contribution is 5.86. The largest absolute Gasteiger partial charge is 0.476 e. The van der Waals surface area contributed by atoms with Gasteiger partial charge in [0.2, 0.25) is 0 Å². The molecule has 0 saturated carbocycles. The van der Waals surface area contributed by atoms with Gasteiger partial charge in [-0.05, 0) is 20.4 Å². The summed E-state index contributed by atoms with van der Waals surface area (Å²) in [4.78, 5) is 13.2. The van der Waals surface area contributed by atoms with Crippen molar-refractivity contribution in [2.45, 2.75) is 33.4 Å². The van der Waals surface area contributed by atoms with Crippen LogP contribution in [0, 0.1) is 0 Å². The zero-order chi connectivity index (χ0) is 12.3. The lowest BCUT2D eigenvalue weighted by molar-refractivity contribution is 0.0686. The molecule has 5 heteroatoms. The molecule has 0 aliphatic rings. The molecule has 0 bridgehead atoms. The van der Waals surface area contributed by atoms with E-state index >= 15 is 0 Å². The van der Waals surface area contributed by atoms with Crippen LogP contribution in [0.1, 0.15) is 36.8 Å². The smallest absolute Gasteiger partial charge is 0.356 e. The Balaban J connectivity index is 2.91. The summed E-state index contributed by atoms with van der Waals surface area (Å²) in [6.45, 7) is 7.78. The van der Waals surface area contributed by atoms with Gasteiger partial charge in [0, 0.05) is 31.4 Å². The highest BCUT2D eigenvalue weighted by Crippen LogP contribution is 2.12. The summed E-state index contributed by atoms with van der Waals surface area (Å²) in [6.07, 6.45) is 1.77. The van der Waals surface area contributed by atoms with Gasteiger partial charge in [-0.1, -0.05) is 6.92 Å². The van der Waals surface area contributed by atoms with Crippen LogP contribution in [-0.4, -0.2) is 38.3 Å². The number of carboxylic acids is 1. The average Bonchev–Trinajstić information content (AvgIpc) is 2.55. The highest BCUT2D eigenvalue weighted by atomic mass is 16.4. The van der Waals surface area contributed by atoms with Gasteiger partial charge in [0.05, 0.1) is 0 Å². The van der Waals surface area contributed by atoms with Gasteiger partial charge in [0.25, 0.3) is 0 Å². The van der Waals surface area contributed by atoms with Crippen molar-refractivity contribution in [1.29, 1.82) is 0 Å². The van der Waals surface area contributed by atoms with E-state index in [1.807, 2.05) is 0 Å². The molecule has 1 aromatic heterocycles. The molecule has 5 nitrogen and oxygen atoms in total. The predicted molar refractivity (Wildman–Crippen MR) is 61.4 cm³/mol. The summed E-state index contributed by atoms with van der Waals surface area (Å²) in [5, 5.41) is 13.0. The molecule has 0 unspecified atom stereocenters. The fraction of sp³-hybridized carbons (Fsp3) is 0.636. The number of hydrogen-bond donors (Lipinski definition) is 1. The first-order valence-corrected chi connectivity index (χ1v) is 5.45. The van der Waals surface area contributed by atoms with E-state index < -0.39 is 5.97 Å². The van der Waals surface area contributed by atoms with Crippen LogP contribution < -0.4 is 0 Å². The van der Waals surface area contributed by atoms with Gasteiger partial charge in [-0.2, -0.15) is 5.10 Å². The Kier molecular flexibility index (Phi) is 4.06. The van der Waals surface area contributed by atoms with Crippen molar-refractivity contribution < 1.29 is 9.90 Å². The van der Waals surface area contributed by atoms with Gasteiger partial charge < -0.3 is 5.11 Å². The second-order valence-electron chi connectivity index (χ2n) is 4.14. The van der Waals surface area contributed by atoms with Crippen molar-refractivity contribution in [3.05, 3.63) is 17.5 Å². The summed E-state index contributed by atoms with van der Waals surface area (Å²) >= 11 is 0. The molecular formula is C11H19N3O2. The van der Waals surface area contributed by atoms with Crippen LogP contribution in [0.5, 0.6) is 0 Å². The molecule has 1 rings (SSSR count). The number of nitrogens with zero attached hydrogens (tertiary/aromatic N) is 3. The molecule has 0 aliphatic carbocycles. The molecule has 0 aromatic carbocycles. The summed E-state index contributed by atoms with van der Waals surface area (Å²) in [7, 11) is 1.74. The Bertz CT molecular complexity index is 371. The zero-order valence-electron chi connectivity index (χ0n) is 10.3. The molecule has 0 amide bonds. The van der Waals surface area contributed by atoms with Gasteiger partial charge in [-0.15, -0.1) is 0 Å². The minimum atomic E-state index is -0.963. The molecule has 0 spiro atoms. The van der Waals surface area contributed by atoms with Crippen LogP contribution in [0.25, 0.3) is 0 Å². The fourth-order valence-electron chi connectivity index (χ4n) is 1.71. The number of aromatic nitrogens is 2. The van der Waals surface area contributed by atoms with Gasteiger partial charge in [-0.25, -0.2) is 4.79 Å². The number of hydrogen-bond acceptors (Lipinski definition) is 3. The lowest BCUT2D eigenvalue weighted by atomic mass is 10.2. The molecule has 90 valence electrons. The number of aryl methyl sites for hydroxylation is 1. The number of rotatable bonds is 5. The Morgan fingerprint density at radius 2 is 2.25 bits per heavy atom. The third-order valence-corrected chi connectivity index (χ3v) is 2.62. The van der Waals surface area contributed by atoms with Crippen LogP contribution in [-0.2, 0) is 13.6 Å². The predicted octanol–water partition coefficient (Wildman–Crippen LogP) is 1.35. The summed E-state index contributed by atoms with van der Waals surface area (Å²) in [6, 6.07) is 0.395. The van der Waals surface area contributed by atoms with E-state index in [0.717, 1.165) is 12.1 Å². The second-order valence-corrected chi connectivity index (χ2v) is 4.14. The van der Waals surface area contributed by atoms with E-state index in [9.17, 15) is 4.79 Å². The molecule has 0 saturated heterocycles. The molecule has 0 radical (unpaired) electrons. The molecule has 0 atom stereocenters. The maximum absolute atomic E-state index is 11.0. The van der Waals surface area contributed by atoms with Gasteiger partial charge in [0.1, 0.15) is 0 Å². The summed E-state index contributed by atoms with van der Waals surface area (Å²) in [5.74, 6) is -0.963. The van der Waals surface area contributed by atoms with E-state index in [1.54, 1.807) is 17.9 Å². The minimum absolute atomic E-state index is 0.154.